The van der Waals surface area contributed by atoms with Crippen LogP contribution < -0.4 is 0 Å². The molecule has 4 rings (SSSR count). The van der Waals surface area contributed by atoms with Crippen molar-refractivity contribution in [2.24, 2.45) is 34.5 Å². The third kappa shape index (κ3) is 4.82. The van der Waals surface area contributed by atoms with Gasteiger partial charge in [0.15, 0.2) is 16.6 Å². The SMILES string of the molecule is CC(C)(C)[Si](C)(C)O[C@@H]1CC[C@@]2(C)[C@H](CC[C@@H]3[C@@H]2CC[C@]2(C)[C@@H](O[Si](C)(C)C(C)(C)C)CC[C@@H]32)C1. The lowest BCUT2D eigenvalue weighted by atomic mass is 9.45. The van der Waals surface area contributed by atoms with Crippen LogP contribution in [0.1, 0.15) is 113 Å². The summed E-state index contributed by atoms with van der Waals surface area (Å²) < 4.78 is 14.1. The predicted molar refractivity (Wildman–Crippen MR) is 156 cm³/mol. The molecule has 8 atom stereocenters. The monoisotopic (exact) mass is 520 g/mol. The highest BCUT2D eigenvalue weighted by Gasteiger charge is 2.61. The van der Waals surface area contributed by atoms with Crippen LogP contribution in [0, 0.1) is 34.5 Å². The molecule has 0 aromatic heterocycles. The van der Waals surface area contributed by atoms with Crippen LogP contribution in [0.3, 0.4) is 0 Å². The van der Waals surface area contributed by atoms with Gasteiger partial charge >= 0.3 is 0 Å². The van der Waals surface area contributed by atoms with Gasteiger partial charge < -0.3 is 8.85 Å². The predicted octanol–water partition coefficient (Wildman–Crippen LogP) is 9.81. The van der Waals surface area contributed by atoms with Gasteiger partial charge in [0, 0.05) is 6.10 Å². The molecule has 0 N–H and O–H groups in total. The van der Waals surface area contributed by atoms with E-state index in [4.69, 9.17) is 8.85 Å². The maximum Gasteiger partial charge on any atom is 0.192 e. The fourth-order valence-electron chi connectivity index (χ4n) is 8.60. The molecule has 0 unspecified atom stereocenters. The second kappa shape index (κ2) is 8.95. The van der Waals surface area contributed by atoms with Crippen LogP contribution >= 0.6 is 0 Å². The normalized spacial score (nSPS) is 42.9. The summed E-state index contributed by atoms with van der Waals surface area (Å²) in [6.07, 6.45) is 13.5. The molecule has 4 saturated carbocycles. The van der Waals surface area contributed by atoms with E-state index < -0.39 is 16.6 Å². The van der Waals surface area contributed by atoms with E-state index in [0.29, 0.717) is 33.1 Å². The van der Waals surface area contributed by atoms with Crippen LogP contribution in [0.4, 0.5) is 0 Å². The van der Waals surface area contributed by atoms with Crippen LogP contribution in [0.25, 0.3) is 0 Å². The molecule has 4 fully saturated rings. The van der Waals surface area contributed by atoms with Crippen molar-refractivity contribution in [2.75, 3.05) is 0 Å². The maximum absolute atomic E-state index is 7.16. The molecule has 0 heterocycles. The molecule has 0 amide bonds. The van der Waals surface area contributed by atoms with Gasteiger partial charge in [-0.15, -0.1) is 0 Å². The summed E-state index contributed by atoms with van der Waals surface area (Å²) in [6, 6.07) is 0. The average molecular weight is 521 g/mol. The topological polar surface area (TPSA) is 18.5 Å². The molecule has 0 radical (unpaired) electrons. The largest absolute Gasteiger partial charge is 0.414 e. The smallest absolute Gasteiger partial charge is 0.192 e. The molecule has 204 valence electrons. The molecular formula is C31H60O2Si2. The summed E-state index contributed by atoms with van der Waals surface area (Å²) in [6.45, 7) is 29.5. The van der Waals surface area contributed by atoms with E-state index in [9.17, 15) is 0 Å². The van der Waals surface area contributed by atoms with Crippen LogP contribution in [0.15, 0.2) is 0 Å². The molecule has 4 heteroatoms. The van der Waals surface area contributed by atoms with Crippen molar-refractivity contribution in [1.29, 1.82) is 0 Å². The summed E-state index contributed by atoms with van der Waals surface area (Å²) in [5.41, 5.74) is 0.943. The molecule has 0 bridgehead atoms. The molecule has 0 aliphatic heterocycles. The van der Waals surface area contributed by atoms with Crippen molar-refractivity contribution < 1.29 is 8.85 Å². The second-order valence-electron chi connectivity index (χ2n) is 16.9. The zero-order chi connectivity index (χ0) is 26.2. The summed E-state index contributed by atoms with van der Waals surface area (Å²) in [5.74, 6) is 3.62. The first kappa shape index (κ1) is 28.4. The van der Waals surface area contributed by atoms with E-state index in [0.717, 1.165) is 23.7 Å². The number of fused-ring (bicyclic) bond motifs is 5. The average Bonchev–Trinajstić information content (AvgIpc) is 3.02. The van der Waals surface area contributed by atoms with Gasteiger partial charge in [0.05, 0.1) is 6.10 Å². The number of hydrogen-bond acceptors (Lipinski definition) is 2. The number of rotatable bonds is 4. The Morgan fingerprint density at radius 2 is 1.17 bits per heavy atom. The quantitative estimate of drug-likeness (QED) is 0.343. The molecule has 0 spiro atoms. The Morgan fingerprint density at radius 1 is 0.629 bits per heavy atom. The summed E-state index contributed by atoms with van der Waals surface area (Å²) in [4.78, 5) is 0. The maximum atomic E-state index is 7.16. The van der Waals surface area contributed by atoms with Gasteiger partial charge in [-0.25, -0.2) is 0 Å². The Labute approximate surface area is 221 Å². The van der Waals surface area contributed by atoms with Gasteiger partial charge in [0.25, 0.3) is 0 Å². The van der Waals surface area contributed by atoms with Crippen LogP contribution in [-0.2, 0) is 8.85 Å². The zero-order valence-electron chi connectivity index (χ0n) is 25.6. The van der Waals surface area contributed by atoms with E-state index >= 15 is 0 Å². The van der Waals surface area contributed by atoms with Crippen LogP contribution in [-0.4, -0.2) is 28.8 Å². The standard InChI is InChI=1S/C31H60O2Si2/c1-28(2,3)34(9,10)32-23-17-19-30(7)22(21-23)13-14-24-25-15-16-27(31(25,8)20-18-26(24)30)33-35(11,12)29(4,5)6/h22-27H,13-21H2,1-12H3/t22-,23-,24+,25+,26+,27+,30+,31+/m1/s1. The Hall–Kier alpha value is 0.354. The van der Waals surface area contributed by atoms with Crippen molar-refractivity contribution in [3.8, 4) is 0 Å². The highest BCUT2D eigenvalue weighted by Crippen LogP contribution is 2.67. The van der Waals surface area contributed by atoms with Gasteiger partial charge in [-0.05, 0) is 129 Å². The fraction of sp³-hybridized carbons (Fsp3) is 1.00. The first-order chi connectivity index (χ1) is 15.8. The zero-order valence-corrected chi connectivity index (χ0v) is 27.6. The molecule has 2 nitrogen and oxygen atoms in total. The Morgan fingerprint density at radius 3 is 1.77 bits per heavy atom. The molecular weight excluding hydrogens is 461 g/mol. The number of hydrogen-bond donors (Lipinski definition) is 0. The first-order valence-electron chi connectivity index (χ1n) is 15.2. The van der Waals surface area contributed by atoms with Gasteiger partial charge in [-0.3, -0.25) is 0 Å². The Kier molecular flexibility index (Phi) is 7.25. The summed E-state index contributed by atoms with van der Waals surface area (Å²) in [7, 11) is -3.42. The van der Waals surface area contributed by atoms with Gasteiger partial charge in [-0.1, -0.05) is 55.4 Å². The first-order valence-corrected chi connectivity index (χ1v) is 21.0. The molecule has 4 aliphatic rings. The minimum absolute atomic E-state index is 0.301. The van der Waals surface area contributed by atoms with Gasteiger partial charge in [0.2, 0.25) is 0 Å². The third-order valence-corrected chi connectivity index (χ3v) is 22.1. The lowest BCUT2D eigenvalue weighted by Crippen LogP contribution is -2.56. The van der Waals surface area contributed by atoms with E-state index in [-0.39, 0.29) is 0 Å². The van der Waals surface area contributed by atoms with Crippen LogP contribution in [0.2, 0.25) is 36.3 Å². The third-order valence-electron chi connectivity index (χ3n) is 13.0. The van der Waals surface area contributed by atoms with Gasteiger partial charge in [0.1, 0.15) is 0 Å². The van der Waals surface area contributed by atoms with Crippen molar-refractivity contribution in [3.05, 3.63) is 0 Å². The molecule has 0 aromatic carbocycles. The van der Waals surface area contributed by atoms with Crippen molar-refractivity contribution in [3.63, 3.8) is 0 Å². The molecule has 35 heavy (non-hydrogen) atoms. The highest BCUT2D eigenvalue weighted by atomic mass is 28.4. The highest BCUT2D eigenvalue weighted by molar-refractivity contribution is 6.74. The van der Waals surface area contributed by atoms with Crippen molar-refractivity contribution in [1.82, 2.24) is 0 Å². The van der Waals surface area contributed by atoms with E-state index in [1.54, 1.807) is 0 Å². The van der Waals surface area contributed by atoms with E-state index in [2.05, 4.69) is 81.6 Å². The Bertz CT molecular complexity index is 778. The van der Waals surface area contributed by atoms with Gasteiger partial charge in [-0.2, -0.15) is 0 Å². The van der Waals surface area contributed by atoms with Crippen LogP contribution in [0.5, 0.6) is 0 Å². The molecule has 0 saturated heterocycles. The molecule has 0 aromatic rings. The fourth-order valence-corrected chi connectivity index (χ4v) is 11.5. The molecule has 4 aliphatic carbocycles. The van der Waals surface area contributed by atoms with E-state index in [1.165, 1.54) is 57.8 Å². The lowest BCUT2D eigenvalue weighted by molar-refractivity contribution is -0.131. The minimum atomic E-state index is -1.73. The minimum Gasteiger partial charge on any atom is -0.414 e. The summed E-state index contributed by atoms with van der Waals surface area (Å²) >= 11 is 0. The lowest BCUT2D eigenvalue weighted by Gasteiger charge is -2.61. The summed E-state index contributed by atoms with van der Waals surface area (Å²) in [5, 5.41) is 0.611. The van der Waals surface area contributed by atoms with Crippen molar-refractivity contribution in [2.45, 2.75) is 162 Å². The second-order valence-corrected chi connectivity index (χ2v) is 26.4. The van der Waals surface area contributed by atoms with Crippen molar-refractivity contribution >= 4 is 16.6 Å². The Balaban J connectivity index is 1.46. The van der Waals surface area contributed by atoms with E-state index in [1.807, 2.05) is 0 Å².